The van der Waals surface area contributed by atoms with Crippen LogP contribution in [0, 0.1) is 0 Å². The van der Waals surface area contributed by atoms with Gasteiger partial charge in [0.05, 0.1) is 5.57 Å². The van der Waals surface area contributed by atoms with Crippen molar-refractivity contribution >= 4 is 21.1 Å². The molecule has 0 spiro atoms. The molecule has 1 rings (SSSR count). The molecule has 0 radical (unpaired) electrons. The Morgan fingerprint density at radius 2 is 2.21 bits per heavy atom. The maximum atomic E-state index is 10.6. The Bertz CT molecular complexity index is 437. The number of carboxylic acids is 1. The van der Waals surface area contributed by atoms with E-state index in [1.807, 2.05) is 0 Å². The number of hydrogen-bond acceptors (Lipinski definition) is 5. The highest BCUT2D eigenvalue weighted by molar-refractivity contribution is 7.73. The zero-order chi connectivity index (χ0) is 10.7. The van der Waals surface area contributed by atoms with Crippen LogP contribution in [0.4, 0.5) is 0 Å². The molecule has 6 nitrogen and oxygen atoms in total. The second-order valence-electron chi connectivity index (χ2n) is 2.44. The third-order valence-corrected chi connectivity index (χ3v) is 2.39. The molecule has 0 heterocycles. The summed E-state index contributed by atoms with van der Waals surface area (Å²) in [5.74, 6) is 3.56. The van der Waals surface area contributed by atoms with Gasteiger partial charge in [-0.3, -0.25) is 4.84 Å². The van der Waals surface area contributed by atoms with Crippen molar-refractivity contribution < 1.29 is 23.2 Å². The number of rotatable bonds is 2. The highest BCUT2D eigenvalue weighted by atomic mass is 32.2. The largest absolute Gasteiger partial charge is 0.478 e. The van der Waals surface area contributed by atoms with Crippen molar-refractivity contribution in [2.24, 2.45) is 5.90 Å². The fraction of sp³-hybridized carbons (Fsp3) is 0.143. The van der Waals surface area contributed by atoms with Gasteiger partial charge in [0.25, 0.3) is 0 Å². The Balaban J connectivity index is 3.26. The molecule has 14 heavy (non-hydrogen) atoms. The van der Waals surface area contributed by atoms with E-state index in [-0.39, 0.29) is 10.4 Å². The van der Waals surface area contributed by atoms with E-state index in [2.05, 4.69) is 4.84 Å². The molecule has 0 aliphatic heterocycles. The molecule has 0 fully saturated rings. The predicted molar refractivity (Wildman–Crippen MR) is 47.8 cm³/mol. The third-order valence-electron chi connectivity index (χ3n) is 1.65. The van der Waals surface area contributed by atoms with Crippen molar-refractivity contribution in [2.75, 3.05) is 0 Å². The quantitative estimate of drug-likeness (QED) is 0.448. The van der Waals surface area contributed by atoms with Gasteiger partial charge in [-0.25, -0.2) is 10.7 Å². The zero-order valence-corrected chi connectivity index (χ0v) is 7.69. The van der Waals surface area contributed by atoms with Gasteiger partial charge in [-0.1, -0.05) is 6.08 Å². The van der Waals surface area contributed by atoms with E-state index in [1.165, 1.54) is 18.2 Å². The molecule has 0 aromatic rings. The van der Waals surface area contributed by atoms with Gasteiger partial charge >= 0.3 is 5.97 Å². The Morgan fingerprint density at radius 3 is 2.64 bits per heavy atom. The number of carbonyl (C=O) groups is 1. The first-order valence-corrected chi connectivity index (χ1v) is 4.58. The Morgan fingerprint density at radius 1 is 1.57 bits per heavy atom. The SMILES string of the molecule is NOC1C(C(=O)O)=CC=CC1=S(=O)=O. The first-order valence-electron chi connectivity index (χ1n) is 3.51. The molecule has 0 saturated carbocycles. The van der Waals surface area contributed by atoms with Crippen molar-refractivity contribution in [1.29, 1.82) is 0 Å². The summed E-state index contributed by atoms with van der Waals surface area (Å²) in [6, 6.07) is 0. The highest BCUT2D eigenvalue weighted by Crippen LogP contribution is 2.13. The first kappa shape index (κ1) is 10.6. The lowest BCUT2D eigenvalue weighted by Gasteiger charge is -2.15. The fourth-order valence-electron chi connectivity index (χ4n) is 1.04. The second-order valence-corrected chi connectivity index (χ2v) is 3.38. The molecule has 0 bridgehead atoms. The summed E-state index contributed by atoms with van der Waals surface area (Å²) in [6.07, 6.45) is 2.53. The molecule has 1 aliphatic rings. The molecule has 3 N–H and O–H groups in total. The normalized spacial score (nSPS) is 20.5. The molecule has 0 aromatic carbocycles. The Hall–Kier alpha value is -1.44. The molecule has 7 heteroatoms. The Kier molecular flexibility index (Phi) is 3.18. The molecular weight excluding hydrogens is 210 g/mol. The summed E-state index contributed by atoms with van der Waals surface area (Å²) in [6.45, 7) is 0. The number of hydrogen-bond donors (Lipinski definition) is 2. The van der Waals surface area contributed by atoms with Gasteiger partial charge in [0.2, 0.25) is 10.3 Å². The minimum atomic E-state index is -2.55. The number of nitrogens with two attached hydrogens (primary N) is 1. The minimum absolute atomic E-state index is 0.201. The summed E-state index contributed by atoms with van der Waals surface area (Å²) in [7, 11) is -2.55. The van der Waals surface area contributed by atoms with Crippen molar-refractivity contribution in [2.45, 2.75) is 6.10 Å². The summed E-state index contributed by atoms with van der Waals surface area (Å²) in [4.78, 5) is 14.7. The van der Waals surface area contributed by atoms with Crippen LogP contribution in [-0.2, 0) is 19.9 Å². The fourth-order valence-corrected chi connectivity index (χ4v) is 1.59. The molecule has 0 saturated heterocycles. The maximum absolute atomic E-state index is 10.6. The van der Waals surface area contributed by atoms with Gasteiger partial charge in [-0.05, 0) is 12.2 Å². The van der Waals surface area contributed by atoms with Gasteiger partial charge in [0.15, 0.2) is 6.10 Å². The molecular formula is C7H7NO5S. The highest BCUT2D eigenvalue weighted by Gasteiger charge is 2.27. The van der Waals surface area contributed by atoms with Gasteiger partial charge in [-0.15, -0.1) is 0 Å². The molecule has 1 atom stereocenters. The lowest BCUT2D eigenvalue weighted by atomic mass is 10.0. The summed E-state index contributed by atoms with van der Waals surface area (Å²) >= 11 is 0. The topological polar surface area (TPSA) is 107 Å². The van der Waals surface area contributed by atoms with E-state index in [1.54, 1.807) is 0 Å². The molecule has 76 valence electrons. The second kappa shape index (κ2) is 4.18. The van der Waals surface area contributed by atoms with Crippen molar-refractivity contribution in [3.05, 3.63) is 23.8 Å². The van der Waals surface area contributed by atoms with Crippen LogP contribution in [-0.4, -0.2) is 30.5 Å². The van der Waals surface area contributed by atoms with Crippen LogP contribution in [0.25, 0.3) is 0 Å². The third kappa shape index (κ3) is 1.90. The van der Waals surface area contributed by atoms with E-state index in [4.69, 9.17) is 11.0 Å². The van der Waals surface area contributed by atoms with Crippen LogP contribution in [0.15, 0.2) is 23.8 Å². The van der Waals surface area contributed by atoms with Crippen LogP contribution in [0.3, 0.4) is 0 Å². The van der Waals surface area contributed by atoms with E-state index >= 15 is 0 Å². The van der Waals surface area contributed by atoms with Crippen LogP contribution in [0.5, 0.6) is 0 Å². The van der Waals surface area contributed by atoms with Gasteiger partial charge in [0, 0.05) is 0 Å². The summed E-state index contributed by atoms with van der Waals surface area (Å²) < 4.78 is 21.3. The predicted octanol–water partition coefficient (Wildman–Crippen LogP) is -1.12. The average Bonchev–Trinajstić information content (AvgIpc) is 2.16. The molecule has 1 unspecified atom stereocenters. The summed E-state index contributed by atoms with van der Waals surface area (Å²) in [5, 5.41) is 8.69. The lowest BCUT2D eigenvalue weighted by molar-refractivity contribution is -0.133. The monoisotopic (exact) mass is 217 g/mol. The van der Waals surface area contributed by atoms with Gasteiger partial charge < -0.3 is 5.11 Å². The van der Waals surface area contributed by atoms with Crippen LogP contribution < -0.4 is 5.90 Å². The van der Waals surface area contributed by atoms with E-state index in [0.29, 0.717) is 0 Å². The Labute approximate surface area is 80.8 Å². The first-order chi connectivity index (χ1) is 6.57. The van der Waals surface area contributed by atoms with Crippen LogP contribution >= 0.6 is 0 Å². The van der Waals surface area contributed by atoms with E-state index in [0.717, 1.165) is 0 Å². The van der Waals surface area contributed by atoms with Gasteiger partial charge in [0.1, 0.15) is 4.86 Å². The number of carboxylic acid groups (broad SMARTS) is 1. The van der Waals surface area contributed by atoms with Crippen molar-refractivity contribution in [3.63, 3.8) is 0 Å². The molecule has 1 aliphatic carbocycles. The minimum Gasteiger partial charge on any atom is -0.478 e. The summed E-state index contributed by atoms with van der Waals surface area (Å²) in [5.41, 5.74) is -0.214. The maximum Gasteiger partial charge on any atom is 0.334 e. The van der Waals surface area contributed by atoms with Crippen LogP contribution in [0.2, 0.25) is 0 Å². The zero-order valence-electron chi connectivity index (χ0n) is 6.88. The smallest absolute Gasteiger partial charge is 0.334 e. The molecule has 0 aromatic heterocycles. The average molecular weight is 217 g/mol. The van der Waals surface area contributed by atoms with Gasteiger partial charge in [-0.2, -0.15) is 8.42 Å². The van der Waals surface area contributed by atoms with E-state index < -0.39 is 22.4 Å². The standard InChI is InChI=1S/C7H7NO5S/c8-13-6-4(7(9)10)2-1-3-5(6)14(11)12/h1-3,6H,8H2,(H,9,10). The number of allylic oxidation sites excluding steroid dienone is 2. The van der Waals surface area contributed by atoms with E-state index in [9.17, 15) is 13.2 Å². The van der Waals surface area contributed by atoms with Crippen LogP contribution in [0.1, 0.15) is 0 Å². The van der Waals surface area contributed by atoms with Crippen molar-refractivity contribution in [1.82, 2.24) is 0 Å². The number of aliphatic carboxylic acids is 1. The van der Waals surface area contributed by atoms with Crippen molar-refractivity contribution in [3.8, 4) is 0 Å². The lowest BCUT2D eigenvalue weighted by Crippen LogP contribution is -2.33. The molecule has 0 amide bonds.